The number of rotatable bonds is 6. The van der Waals surface area contributed by atoms with Gasteiger partial charge in [-0.05, 0) is 30.7 Å². The fourth-order valence-electron chi connectivity index (χ4n) is 2.28. The van der Waals surface area contributed by atoms with Crippen molar-refractivity contribution in [2.75, 3.05) is 19.6 Å². The van der Waals surface area contributed by atoms with Crippen LogP contribution in [0.1, 0.15) is 24.8 Å². The highest BCUT2D eigenvalue weighted by Gasteiger charge is 2.37. The Labute approximate surface area is 139 Å². The Morgan fingerprint density at radius 1 is 1.35 bits per heavy atom. The van der Waals surface area contributed by atoms with Crippen LogP contribution in [0.2, 0.25) is 0 Å². The quantitative estimate of drug-likeness (QED) is 0.342. The van der Waals surface area contributed by atoms with E-state index in [2.05, 4.69) is 59.5 Å². The molecule has 4 heteroatoms. The maximum atomic E-state index is 4.64. The molecule has 0 spiro atoms. The van der Waals surface area contributed by atoms with Gasteiger partial charge in [-0.1, -0.05) is 36.4 Å². The second kappa shape index (κ2) is 9.00. The number of guanidine groups is 1. The molecule has 2 atom stereocenters. The zero-order valence-corrected chi connectivity index (χ0v) is 14.3. The average molecular weight is 385 g/mol. The van der Waals surface area contributed by atoms with Crippen molar-refractivity contribution in [3.63, 3.8) is 0 Å². The Morgan fingerprint density at radius 3 is 2.75 bits per heavy atom. The Hall–Kier alpha value is -1.04. The van der Waals surface area contributed by atoms with E-state index in [9.17, 15) is 0 Å². The molecule has 0 amide bonds. The van der Waals surface area contributed by atoms with Crippen molar-refractivity contribution >= 4 is 29.9 Å². The summed E-state index contributed by atoms with van der Waals surface area (Å²) in [6.45, 7) is 8.31. The maximum Gasteiger partial charge on any atom is 0.191 e. The van der Waals surface area contributed by atoms with Crippen LogP contribution >= 0.6 is 24.0 Å². The van der Waals surface area contributed by atoms with Crippen molar-refractivity contribution in [3.05, 3.63) is 48.6 Å². The Kier molecular flexibility index (Phi) is 7.65. The van der Waals surface area contributed by atoms with Crippen LogP contribution in [0, 0.1) is 5.92 Å². The molecule has 20 heavy (non-hydrogen) atoms. The van der Waals surface area contributed by atoms with Crippen molar-refractivity contribution in [3.8, 4) is 0 Å². The second-order valence-electron chi connectivity index (χ2n) is 4.90. The van der Waals surface area contributed by atoms with Crippen LogP contribution in [0.3, 0.4) is 0 Å². The number of benzene rings is 1. The third-order valence-corrected chi connectivity index (χ3v) is 3.39. The molecule has 0 aromatic heterocycles. The predicted molar refractivity (Wildman–Crippen MR) is 96.9 cm³/mol. The van der Waals surface area contributed by atoms with Crippen molar-refractivity contribution in [1.29, 1.82) is 0 Å². The van der Waals surface area contributed by atoms with Gasteiger partial charge in [-0.2, -0.15) is 0 Å². The van der Waals surface area contributed by atoms with E-state index in [4.69, 9.17) is 0 Å². The lowest BCUT2D eigenvalue weighted by Gasteiger charge is -2.09. The van der Waals surface area contributed by atoms with E-state index in [0.29, 0.717) is 11.8 Å². The molecule has 1 saturated carbocycles. The van der Waals surface area contributed by atoms with Crippen molar-refractivity contribution in [2.45, 2.75) is 19.3 Å². The van der Waals surface area contributed by atoms with E-state index in [1.165, 1.54) is 12.0 Å². The van der Waals surface area contributed by atoms with Crippen molar-refractivity contribution in [2.24, 2.45) is 10.9 Å². The lowest BCUT2D eigenvalue weighted by atomic mass is 10.1. The summed E-state index contributed by atoms with van der Waals surface area (Å²) in [7, 11) is 0. The van der Waals surface area contributed by atoms with E-state index < -0.39 is 0 Å². The van der Waals surface area contributed by atoms with E-state index in [1.54, 1.807) is 0 Å². The van der Waals surface area contributed by atoms with Gasteiger partial charge < -0.3 is 10.6 Å². The minimum absolute atomic E-state index is 0. The van der Waals surface area contributed by atoms with Gasteiger partial charge in [-0.15, -0.1) is 30.6 Å². The molecule has 110 valence electrons. The molecular formula is C16H24IN3. The van der Waals surface area contributed by atoms with Crippen LogP contribution in [0.4, 0.5) is 0 Å². The third-order valence-electron chi connectivity index (χ3n) is 3.39. The molecule has 0 bridgehead atoms. The molecule has 0 saturated heterocycles. The summed E-state index contributed by atoms with van der Waals surface area (Å²) in [5.41, 5.74) is 1.45. The summed E-state index contributed by atoms with van der Waals surface area (Å²) in [4.78, 5) is 4.64. The average Bonchev–Trinajstić information content (AvgIpc) is 3.22. The van der Waals surface area contributed by atoms with E-state index in [-0.39, 0.29) is 24.0 Å². The number of nitrogens with one attached hydrogen (secondary N) is 2. The molecule has 1 fully saturated rings. The van der Waals surface area contributed by atoms with Gasteiger partial charge in [0.05, 0.1) is 0 Å². The van der Waals surface area contributed by atoms with Crippen LogP contribution in [0.15, 0.2) is 48.0 Å². The Bertz CT molecular complexity index is 431. The van der Waals surface area contributed by atoms with Gasteiger partial charge in [0.25, 0.3) is 0 Å². The summed E-state index contributed by atoms with van der Waals surface area (Å²) >= 11 is 0. The van der Waals surface area contributed by atoms with Gasteiger partial charge >= 0.3 is 0 Å². The number of nitrogens with zero attached hydrogens (tertiary/aromatic N) is 1. The maximum absolute atomic E-state index is 4.64. The normalized spacial score (nSPS) is 20.8. The minimum atomic E-state index is 0. The molecule has 1 aromatic rings. The zero-order valence-electron chi connectivity index (χ0n) is 12.0. The number of hydrogen-bond donors (Lipinski definition) is 2. The number of halogens is 1. The molecule has 1 aromatic carbocycles. The highest BCUT2D eigenvalue weighted by Crippen LogP contribution is 2.47. The fraction of sp³-hybridized carbons (Fsp3) is 0.438. The molecular weight excluding hydrogens is 361 g/mol. The summed E-state index contributed by atoms with van der Waals surface area (Å²) in [6, 6.07) is 10.7. The van der Waals surface area contributed by atoms with Gasteiger partial charge in [0.15, 0.2) is 5.96 Å². The third kappa shape index (κ3) is 5.15. The standard InChI is InChI=1S/C16H23N3.HI/c1-3-10-18-16(17-4-2)19-12-14-11-15(14)13-8-6-5-7-9-13;/h3,5-9,14-15H,1,4,10-12H2,2H3,(H2,17,18,19);1H. The SMILES string of the molecule is C=CCNC(=NCC1CC1c1ccccc1)NCC.I. The number of aliphatic imine (C=N–C) groups is 1. The predicted octanol–water partition coefficient (Wildman–Crippen LogP) is 3.15. The van der Waals surface area contributed by atoms with Gasteiger partial charge in [0.1, 0.15) is 0 Å². The summed E-state index contributed by atoms with van der Waals surface area (Å²) in [5, 5.41) is 6.48. The first-order valence-electron chi connectivity index (χ1n) is 7.03. The molecule has 0 heterocycles. The second-order valence-corrected chi connectivity index (χ2v) is 4.90. The first kappa shape index (κ1) is 17.0. The highest BCUT2D eigenvalue weighted by molar-refractivity contribution is 14.0. The van der Waals surface area contributed by atoms with Crippen LogP contribution < -0.4 is 10.6 Å². The fourth-order valence-corrected chi connectivity index (χ4v) is 2.28. The Morgan fingerprint density at radius 2 is 2.10 bits per heavy atom. The van der Waals surface area contributed by atoms with Gasteiger partial charge in [0, 0.05) is 19.6 Å². The molecule has 2 N–H and O–H groups in total. The van der Waals surface area contributed by atoms with E-state index in [0.717, 1.165) is 25.6 Å². The van der Waals surface area contributed by atoms with Crippen LogP contribution in [-0.2, 0) is 0 Å². The molecule has 0 radical (unpaired) electrons. The monoisotopic (exact) mass is 385 g/mol. The van der Waals surface area contributed by atoms with Crippen LogP contribution in [0.5, 0.6) is 0 Å². The van der Waals surface area contributed by atoms with Crippen LogP contribution in [0.25, 0.3) is 0 Å². The minimum Gasteiger partial charge on any atom is -0.357 e. The molecule has 2 unspecified atom stereocenters. The summed E-state index contributed by atoms with van der Waals surface area (Å²) in [6.07, 6.45) is 3.10. The number of hydrogen-bond acceptors (Lipinski definition) is 1. The van der Waals surface area contributed by atoms with E-state index in [1.807, 2.05) is 6.08 Å². The molecule has 2 rings (SSSR count). The smallest absolute Gasteiger partial charge is 0.191 e. The van der Waals surface area contributed by atoms with Crippen LogP contribution in [-0.4, -0.2) is 25.6 Å². The zero-order chi connectivity index (χ0) is 13.5. The summed E-state index contributed by atoms with van der Waals surface area (Å²) in [5.74, 6) is 2.29. The van der Waals surface area contributed by atoms with Gasteiger partial charge in [-0.25, -0.2) is 0 Å². The summed E-state index contributed by atoms with van der Waals surface area (Å²) < 4.78 is 0. The highest BCUT2D eigenvalue weighted by atomic mass is 127. The first-order valence-corrected chi connectivity index (χ1v) is 7.03. The van der Waals surface area contributed by atoms with E-state index >= 15 is 0 Å². The van der Waals surface area contributed by atoms with Crippen molar-refractivity contribution in [1.82, 2.24) is 10.6 Å². The lowest BCUT2D eigenvalue weighted by molar-refractivity contribution is 0.783. The first-order chi connectivity index (χ1) is 9.35. The molecule has 3 nitrogen and oxygen atoms in total. The molecule has 0 aliphatic heterocycles. The molecule has 1 aliphatic carbocycles. The largest absolute Gasteiger partial charge is 0.357 e. The lowest BCUT2D eigenvalue weighted by Crippen LogP contribution is -2.37. The van der Waals surface area contributed by atoms with Gasteiger partial charge in [-0.3, -0.25) is 4.99 Å². The molecule has 1 aliphatic rings. The van der Waals surface area contributed by atoms with Crippen molar-refractivity contribution < 1.29 is 0 Å². The van der Waals surface area contributed by atoms with Gasteiger partial charge in [0.2, 0.25) is 0 Å². The topological polar surface area (TPSA) is 36.4 Å². The Balaban J connectivity index is 0.00000200.